The van der Waals surface area contributed by atoms with Crippen molar-refractivity contribution >= 4 is 0 Å². The molecule has 0 rings (SSSR count). The Morgan fingerprint density at radius 1 is 0.106 bits per heavy atom. The fourth-order valence-corrected chi connectivity index (χ4v) is 10.2. The zero-order chi connectivity index (χ0) is 101. The summed E-state index contributed by atoms with van der Waals surface area (Å²) in [6, 6.07) is 0.00594. The van der Waals surface area contributed by atoms with Gasteiger partial charge in [0, 0.05) is 13.2 Å². The van der Waals surface area contributed by atoms with Crippen LogP contribution in [0.3, 0.4) is 0 Å². The van der Waals surface area contributed by atoms with Crippen molar-refractivity contribution in [1.29, 1.82) is 0 Å². The van der Waals surface area contributed by atoms with Crippen LogP contribution < -0.4 is 5.73 Å². The molecule has 4 atom stereocenters. The summed E-state index contributed by atoms with van der Waals surface area (Å²) in [5.74, 6) is 0. The Kier molecular flexibility index (Phi) is 129. The van der Waals surface area contributed by atoms with Gasteiger partial charge < -0.3 is 219 Å². The van der Waals surface area contributed by atoms with E-state index in [1.807, 2.05) is 27.7 Å². The number of hydrogen-bond donors (Lipinski definition) is 1. The van der Waals surface area contributed by atoms with Crippen LogP contribution in [0.4, 0.5) is 0 Å². The summed E-state index contributed by atoms with van der Waals surface area (Å²) >= 11 is 0. The third-order valence-electron chi connectivity index (χ3n) is 17.5. The highest BCUT2D eigenvalue weighted by atomic mass is 16.7. The summed E-state index contributed by atoms with van der Waals surface area (Å²) in [6.07, 6.45) is -0.115. The minimum atomic E-state index is -0.0519. The molecule has 0 amide bonds. The molecule has 0 aliphatic heterocycles. The normalized spacial score (nSPS) is 12.8. The van der Waals surface area contributed by atoms with Crippen LogP contribution >= 0.6 is 0 Å². The lowest BCUT2D eigenvalue weighted by atomic mass is 10.3. The van der Waals surface area contributed by atoms with Gasteiger partial charge in [-0.2, -0.15) is 0 Å². The molecule has 0 aromatic heterocycles. The summed E-state index contributed by atoms with van der Waals surface area (Å²) in [5, 5.41) is 0. The molecule has 46 heteroatoms. The zero-order valence-corrected chi connectivity index (χ0v) is 87.1. The molecule has 0 bridgehead atoms. The smallest absolute Gasteiger partial charge is 0.0781 e. The first-order valence-electron chi connectivity index (χ1n) is 50.7. The standard InChI is InChI=1S/C95H193NO45/c1-92(96)88-139-94(3)90-141-95(4)91-140-93(2)89-138-87-86-137-85-84-136-83-82-135-81-80-134-79-78-133-77-76-132-75-74-131-73-72-130-71-70-129-69-68-128-67-66-127-65-64-126-63-62-125-61-60-124-59-58-123-57-56-122-55-54-121-53-52-120-51-50-119-49-48-118-47-46-117-45-44-116-43-42-115-41-40-114-39-38-113-37-36-112-35-34-111-33-32-110-31-30-109-29-28-108-27-26-107-25-24-106-23-22-105-21-20-104-19-18-103-17-16-102-15-14-101-13-12-100-11-10-99-9-8-98-7-6-97-5/h92-95H,6-91,96H2,1-5H3. The van der Waals surface area contributed by atoms with Gasteiger partial charge in [0.15, 0.2) is 0 Å². The van der Waals surface area contributed by atoms with Crippen molar-refractivity contribution in [2.75, 3.05) is 575 Å². The van der Waals surface area contributed by atoms with E-state index in [0.29, 0.717) is 568 Å². The fourth-order valence-electron chi connectivity index (χ4n) is 10.2. The van der Waals surface area contributed by atoms with Gasteiger partial charge in [-0.05, 0) is 27.7 Å². The molecule has 848 valence electrons. The van der Waals surface area contributed by atoms with Gasteiger partial charge in [-0.1, -0.05) is 0 Å². The van der Waals surface area contributed by atoms with Crippen LogP contribution in [0.2, 0.25) is 0 Å². The molecule has 46 nitrogen and oxygen atoms in total. The van der Waals surface area contributed by atoms with Crippen molar-refractivity contribution in [2.45, 2.75) is 52.0 Å². The van der Waals surface area contributed by atoms with Gasteiger partial charge in [0.2, 0.25) is 0 Å². The van der Waals surface area contributed by atoms with E-state index in [2.05, 4.69) is 0 Å². The number of rotatable bonds is 134. The quantitative estimate of drug-likeness (QED) is 0.0849. The molecule has 141 heavy (non-hydrogen) atoms. The van der Waals surface area contributed by atoms with Crippen LogP contribution in [0.25, 0.3) is 0 Å². The van der Waals surface area contributed by atoms with Crippen LogP contribution in [0.5, 0.6) is 0 Å². The number of ether oxygens (including phenoxy) is 45. The molecule has 0 aliphatic carbocycles. The Balaban J connectivity index is 3.13. The maximum Gasteiger partial charge on any atom is 0.0781 e. The van der Waals surface area contributed by atoms with Crippen molar-refractivity contribution in [3.63, 3.8) is 0 Å². The van der Waals surface area contributed by atoms with E-state index in [9.17, 15) is 0 Å². The van der Waals surface area contributed by atoms with Crippen LogP contribution in [-0.4, -0.2) is 600 Å². The predicted octanol–water partition coefficient (Wildman–Crippen LogP) is 1.88. The van der Waals surface area contributed by atoms with Gasteiger partial charge in [0.05, 0.1) is 587 Å². The molecule has 2 N–H and O–H groups in total. The summed E-state index contributed by atoms with van der Waals surface area (Å²) in [5.41, 5.74) is 5.72. The minimum Gasteiger partial charge on any atom is -0.382 e. The van der Waals surface area contributed by atoms with Gasteiger partial charge in [0.25, 0.3) is 0 Å². The van der Waals surface area contributed by atoms with E-state index in [4.69, 9.17) is 219 Å². The van der Waals surface area contributed by atoms with E-state index in [1.54, 1.807) is 7.11 Å². The first-order valence-corrected chi connectivity index (χ1v) is 50.7. The Hall–Kier alpha value is -1.84. The molecule has 4 unspecified atom stereocenters. The zero-order valence-electron chi connectivity index (χ0n) is 87.1. The highest BCUT2D eigenvalue weighted by molar-refractivity contribution is 4.58. The summed E-state index contributed by atoms with van der Waals surface area (Å²) in [7, 11) is 1.64. The second-order valence-corrected chi connectivity index (χ2v) is 30.0. The highest BCUT2D eigenvalue weighted by Crippen LogP contribution is 2.03. The van der Waals surface area contributed by atoms with Gasteiger partial charge in [-0.15, -0.1) is 0 Å². The third-order valence-corrected chi connectivity index (χ3v) is 17.5. The van der Waals surface area contributed by atoms with Crippen molar-refractivity contribution in [3.05, 3.63) is 0 Å². The largest absolute Gasteiger partial charge is 0.382 e. The topological polar surface area (TPSA) is 441 Å². The van der Waals surface area contributed by atoms with Crippen molar-refractivity contribution < 1.29 is 213 Å². The van der Waals surface area contributed by atoms with Crippen molar-refractivity contribution in [1.82, 2.24) is 0 Å². The lowest BCUT2D eigenvalue weighted by Crippen LogP contribution is -2.29. The Morgan fingerprint density at radius 3 is 0.277 bits per heavy atom. The number of methoxy groups -OCH3 is 1. The molecular weight excluding hydrogens is 1880 g/mol. The maximum atomic E-state index is 5.82. The van der Waals surface area contributed by atoms with E-state index >= 15 is 0 Å². The van der Waals surface area contributed by atoms with E-state index in [0.717, 1.165) is 0 Å². The molecule has 0 aliphatic rings. The SMILES string of the molecule is COCCOCCOCCOCCOCCOCCOCCOCCOCCOCCOCCOCCOCCOCCOCCOCCOCCOCCOCCOCCOCCOCCOCCOCCOCCOCCOCCOCCOCCOCCOCCOCCOCCOCCOCCOCCOCCOCCOCCOCCOCCOCC(C)OCC(C)OCC(C)OCC(C)N. The van der Waals surface area contributed by atoms with Gasteiger partial charge in [0.1, 0.15) is 0 Å². The first-order chi connectivity index (χ1) is 70.0. The second kappa shape index (κ2) is 130. The lowest BCUT2D eigenvalue weighted by molar-refractivity contribution is -0.0834. The van der Waals surface area contributed by atoms with E-state index in [-0.39, 0.29) is 24.4 Å². The van der Waals surface area contributed by atoms with Crippen molar-refractivity contribution in [2.24, 2.45) is 5.73 Å². The van der Waals surface area contributed by atoms with Crippen LogP contribution in [-0.2, 0) is 213 Å². The summed E-state index contributed by atoms with van der Waals surface area (Å²) < 4.78 is 249. The molecule has 0 spiro atoms. The molecule has 0 saturated heterocycles. The Labute approximate surface area is 842 Å². The molecule has 0 saturated carbocycles. The van der Waals surface area contributed by atoms with Crippen LogP contribution in [0.15, 0.2) is 0 Å². The molecule has 0 heterocycles. The lowest BCUT2D eigenvalue weighted by Gasteiger charge is -2.20. The molecular formula is C95H193NO45. The molecule has 0 aromatic carbocycles. The molecule has 0 fully saturated rings. The van der Waals surface area contributed by atoms with Crippen LogP contribution in [0, 0.1) is 0 Å². The predicted molar refractivity (Wildman–Crippen MR) is 515 cm³/mol. The molecule has 0 radical (unpaired) electrons. The maximum absolute atomic E-state index is 5.82. The number of hydrogen-bond acceptors (Lipinski definition) is 46. The Morgan fingerprint density at radius 2 is 0.184 bits per heavy atom. The van der Waals surface area contributed by atoms with Crippen LogP contribution in [0.1, 0.15) is 27.7 Å². The van der Waals surface area contributed by atoms with Gasteiger partial charge in [-0.3, -0.25) is 0 Å². The summed E-state index contributed by atoms with van der Waals surface area (Å²) in [6.45, 7) is 49.4. The highest BCUT2D eigenvalue weighted by Gasteiger charge is 2.13. The minimum absolute atomic E-state index is 0.00594. The first kappa shape index (κ1) is 139. The average molecular weight is 2070 g/mol. The average Bonchev–Trinajstić information content (AvgIpc) is 0.982. The van der Waals surface area contributed by atoms with Gasteiger partial charge in [-0.25, -0.2) is 0 Å². The monoisotopic (exact) mass is 2070 g/mol. The number of nitrogens with two attached hydrogens (primary N) is 1. The van der Waals surface area contributed by atoms with Gasteiger partial charge >= 0.3 is 0 Å². The molecule has 0 aromatic rings. The second-order valence-electron chi connectivity index (χ2n) is 30.0. The van der Waals surface area contributed by atoms with Crippen molar-refractivity contribution in [3.8, 4) is 0 Å². The Bertz CT molecular complexity index is 2050. The van der Waals surface area contributed by atoms with E-state index < -0.39 is 0 Å². The fraction of sp³-hybridized carbons (Fsp3) is 1.00. The van der Waals surface area contributed by atoms with E-state index in [1.165, 1.54) is 0 Å². The third kappa shape index (κ3) is 132. The summed E-state index contributed by atoms with van der Waals surface area (Å²) in [4.78, 5) is 0.